The van der Waals surface area contributed by atoms with Crippen LogP contribution in [0.2, 0.25) is 0 Å². The molecule has 6 heteroatoms. The van der Waals surface area contributed by atoms with Crippen molar-refractivity contribution in [3.8, 4) is 6.07 Å². The Labute approximate surface area is 134 Å². The molecule has 92 valence electrons. The average Bonchev–Trinajstić information content (AvgIpc) is 2.75. The lowest BCUT2D eigenvalue weighted by Gasteiger charge is -2.10. The predicted octanol–water partition coefficient (Wildman–Crippen LogP) is 5.52. The van der Waals surface area contributed by atoms with Gasteiger partial charge in [-0.15, -0.1) is 11.3 Å². The number of nitrogens with one attached hydrogen (secondary N) is 1. The quantitative estimate of drug-likeness (QED) is 0.668. The van der Waals surface area contributed by atoms with Gasteiger partial charge in [0.1, 0.15) is 6.07 Å². The highest BCUT2D eigenvalue weighted by Crippen LogP contribution is 2.34. The summed E-state index contributed by atoms with van der Waals surface area (Å²) in [6.45, 7) is 0.700. The number of halogens is 3. The van der Waals surface area contributed by atoms with Crippen molar-refractivity contribution < 1.29 is 0 Å². The summed E-state index contributed by atoms with van der Waals surface area (Å²) in [7, 11) is 0. The molecule has 0 aliphatic heterocycles. The highest BCUT2D eigenvalue weighted by Gasteiger charge is 2.07. The van der Waals surface area contributed by atoms with Crippen LogP contribution in [0.3, 0.4) is 0 Å². The molecule has 2 nitrogen and oxygen atoms in total. The Kier molecular flexibility index (Phi) is 4.84. The van der Waals surface area contributed by atoms with E-state index >= 15 is 0 Å². The summed E-state index contributed by atoms with van der Waals surface area (Å²) >= 11 is 12.1. The van der Waals surface area contributed by atoms with Gasteiger partial charge in [0.2, 0.25) is 0 Å². The molecule has 2 rings (SSSR count). The Morgan fingerprint density at radius 2 is 1.83 bits per heavy atom. The van der Waals surface area contributed by atoms with Gasteiger partial charge in [-0.3, -0.25) is 0 Å². The van der Waals surface area contributed by atoms with Gasteiger partial charge in [-0.2, -0.15) is 5.26 Å². The number of hydrogen-bond donors (Lipinski definition) is 1. The molecule has 0 aliphatic carbocycles. The van der Waals surface area contributed by atoms with Crippen LogP contribution in [-0.4, -0.2) is 0 Å². The van der Waals surface area contributed by atoms with Crippen LogP contribution in [0.4, 0.5) is 5.69 Å². The maximum Gasteiger partial charge on any atom is 0.100 e. The zero-order valence-corrected chi connectivity index (χ0v) is 14.6. The smallest absolute Gasteiger partial charge is 0.100 e. The van der Waals surface area contributed by atoms with E-state index in [0.29, 0.717) is 12.1 Å². The first-order chi connectivity index (χ1) is 8.60. The van der Waals surface area contributed by atoms with Crippen LogP contribution < -0.4 is 5.32 Å². The lowest BCUT2D eigenvalue weighted by Crippen LogP contribution is -1.99. The number of anilines is 1. The molecule has 0 fully saturated rings. The number of benzene rings is 1. The van der Waals surface area contributed by atoms with Gasteiger partial charge >= 0.3 is 0 Å². The van der Waals surface area contributed by atoms with Crippen LogP contribution in [0.15, 0.2) is 37.0 Å². The monoisotopic (exact) mass is 448 g/mol. The average molecular weight is 451 g/mol. The van der Waals surface area contributed by atoms with Gasteiger partial charge < -0.3 is 5.32 Å². The van der Waals surface area contributed by atoms with Gasteiger partial charge in [0.15, 0.2) is 0 Å². The van der Waals surface area contributed by atoms with Crippen LogP contribution in [0, 0.1) is 11.3 Å². The van der Waals surface area contributed by atoms with E-state index in [1.807, 2.05) is 23.6 Å². The molecular weight excluding hydrogens is 444 g/mol. The first-order valence-electron chi connectivity index (χ1n) is 4.96. The fraction of sp³-hybridized carbons (Fsp3) is 0.0833. The predicted molar refractivity (Wildman–Crippen MR) is 85.9 cm³/mol. The zero-order chi connectivity index (χ0) is 13.1. The first-order valence-corrected chi connectivity index (χ1v) is 8.22. The molecule has 0 amide bonds. The third kappa shape index (κ3) is 3.35. The van der Waals surface area contributed by atoms with E-state index in [1.54, 1.807) is 11.3 Å². The van der Waals surface area contributed by atoms with Crippen LogP contribution in [-0.2, 0) is 6.54 Å². The third-order valence-electron chi connectivity index (χ3n) is 2.23. The van der Waals surface area contributed by atoms with E-state index in [1.165, 1.54) is 0 Å². The molecule has 0 atom stereocenters. The lowest BCUT2D eigenvalue weighted by atomic mass is 10.3. The normalized spacial score (nSPS) is 10.1. The minimum absolute atomic E-state index is 0.700. The second-order valence-corrected chi connectivity index (χ2v) is 7.13. The molecule has 1 aromatic carbocycles. The van der Waals surface area contributed by atoms with Crippen molar-refractivity contribution in [2.75, 3.05) is 5.32 Å². The minimum Gasteiger partial charge on any atom is -0.378 e. The van der Waals surface area contributed by atoms with Gasteiger partial charge in [-0.05, 0) is 50.1 Å². The molecule has 0 unspecified atom stereocenters. The minimum atomic E-state index is 0.700. The van der Waals surface area contributed by atoms with Crippen molar-refractivity contribution in [3.05, 3.63) is 47.4 Å². The molecular formula is C12H7Br3N2S. The van der Waals surface area contributed by atoms with E-state index in [4.69, 9.17) is 5.26 Å². The Bertz CT molecular complexity index is 593. The van der Waals surface area contributed by atoms with Crippen molar-refractivity contribution in [1.29, 1.82) is 5.26 Å². The Morgan fingerprint density at radius 1 is 1.17 bits per heavy atom. The largest absolute Gasteiger partial charge is 0.378 e. The summed E-state index contributed by atoms with van der Waals surface area (Å²) in [5.74, 6) is 0. The zero-order valence-electron chi connectivity index (χ0n) is 9.01. The lowest BCUT2D eigenvalue weighted by molar-refractivity contribution is 1.18. The van der Waals surface area contributed by atoms with Gasteiger partial charge in [0.05, 0.1) is 11.3 Å². The highest BCUT2D eigenvalue weighted by molar-refractivity contribution is 9.11. The third-order valence-corrected chi connectivity index (χ3v) is 4.87. The summed E-state index contributed by atoms with van der Waals surface area (Å²) in [6.07, 6.45) is 0. The van der Waals surface area contributed by atoms with E-state index in [9.17, 15) is 0 Å². The summed E-state index contributed by atoms with van der Waals surface area (Å²) < 4.78 is 2.98. The molecule has 0 saturated heterocycles. The van der Waals surface area contributed by atoms with Crippen molar-refractivity contribution in [2.24, 2.45) is 0 Å². The van der Waals surface area contributed by atoms with Crippen molar-refractivity contribution >= 4 is 64.8 Å². The van der Waals surface area contributed by atoms with Crippen LogP contribution >= 0.6 is 59.1 Å². The van der Waals surface area contributed by atoms with E-state index in [0.717, 1.165) is 24.0 Å². The van der Waals surface area contributed by atoms with Crippen molar-refractivity contribution in [3.63, 3.8) is 0 Å². The molecule has 18 heavy (non-hydrogen) atoms. The maximum absolute atomic E-state index is 8.77. The van der Waals surface area contributed by atoms with Crippen LogP contribution in [0.25, 0.3) is 0 Å². The van der Waals surface area contributed by atoms with E-state index in [-0.39, 0.29) is 0 Å². The van der Waals surface area contributed by atoms with Gasteiger partial charge in [-0.1, -0.05) is 15.9 Å². The fourth-order valence-corrected chi connectivity index (χ4v) is 4.71. The van der Waals surface area contributed by atoms with Crippen molar-refractivity contribution in [2.45, 2.75) is 6.54 Å². The molecule has 0 spiro atoms. The molecule has 2 aromatic rings. The summed E-state index contributed by atoms with van der Waals surface area (Å²) in [6, 6.07) is 8.01. The highest BCUT2D eigenvalue weighted by atomic mass is 79.9. The van der Waals surface area contributed by atoms with Crippen LogP contribution in [0.5, 0.6) is 0 Å². The van der Waals surface area contributed by atoms with Gasteiger partial charge in [-0.25, -0.2) is 0 Å². The number of thiophene rings is 1. The second kappa shape index (κ2) is 6.20. The van der Waals surface area contributed by atoms with E-state index < -0.39 is 0 Å². The molecule has 1 N–H and O–H groups in total. The van der Waals surface area contributed by atoms with Crippen molar-refractivity contribution in [1.82, 2.24) is 0 Å². The SMILES string of the molecule is N#Cc1csc(CNc2c(Br)cc(Br)cc2Br)c1. The van der Waals surface area contributed by atoms with Crippen LogP contribution in [0.1, 0.15) is 10.4 Å². The summed E-state index contributed by atoms with van der Waals surface area (Å²) in [4.78, 5) is 1.13. The molecule has 1 aromatic heterocycles. The van der Waals surface area contributed by atoms with E-state index in [2.05, 4.69) is 59.2 Å². The number of rotatable bonds is 3. The number of nitrogens with zero attached hydrogens (tertiary/aromatic N) is 1. The van der Waals surface area contributed by atoms with Gasteiger partial charge in [0, 0.05) is 30.2 Å². The molecule has 1 heterocycles. The maximum atomic E-state index is 8.77. The number of hydrogen-bond acceptors (Lipinski definition) is 3. The molecule has 0 saturated carbocycles. The molecule has 0 bridgehead atoms. The Morgan fingerprint density at radius 3 is 2.39 bits per heavy atom. The topological polar surface area (TPSA) is 35.8 Å². The fourth-order valence-electron chi connectivity index (χ4n) is 1.42. The standard InChI is InChI=1S/C12H7Br3N2S/c13-8-2-10(14)12(11(15)3-8)17-5-9-1-7(4-16)6-18-9/h1-3,6,17H,5H2. The Hall–Kier alpha value is -0.350. The second-order valence-electron chi connectivity index (χ2n) is 3.51. The molecule has 0 aliphatic rings. The summed E-state index contributed by atoms with van der Waals surface area (Å²) in [5.41, 5.74) is 1.72. The van der Waals surface area contributed by atoms with Gasteiger partial charge in [0.25, 0.3) is 0 Å². The molecule has 0 radical (unpaired) electrons. The summed E-state index contributed by atoms with van der Waals surface area (Å²) in [5, 5.41) is 14.0. The Balaban J connectivity index is 2.13. The first kappa shape index (κ1) is 14.1. The number of nitriles is 1.